The molecule has 2 amide bonds. The Hall–Kier alpha value is -2.87. The van der Waals surface area contributed by atoms with E-state index in [0.29, 0.717) is 25.2 Å². The average Bonchev–Trinajstić information content (AvgIpc) is 2.77. The third kappa shape index (κ3) is 7.06. The normalized spacial score (nSPS) is 12.2. The van der Waals surface area contributed by atoms with E-state index in [1.165, 1.54) is 10.6 Å². The predicted octanol–water partition coefficient (Wildman–Crippen LogP) is 3.71. The highest BCUT2D eigenvalue weighted by Gasteiger charge is 2.27. The van der Waals surface area contributed by atoms with Crippen LogP contribution in [0.4, 0.5) is 5.69 Å². The van der Waals surface area contributed by atoms with E-state index >= 15 is 0 Å². The number of likely N-dealkylation sites (N-methyl/N-ethyl adjacent to an activating group) is 1. The first kappa shape index (κ1) is 27.4. The van der Waals surface area contributed by atoms with E-state index in [2.05, 4.69) is 5.32 Å². The van der Waals surface area contributed by atoms with Crippen LogP contribution in [0.5, 0.6) is 0 Å². The fourth-order valence-electron chi connectivity index (χ4n) is 3.86. The van der Waals surface area contributed by atoms with Gasteiger partial charge in [0.15, 0.2) is 0 Å². The second kappa shape index (κ2) is 12.0. The van der Waals surface area contributed by atoms with E-state index in [1.54, 1.807) is 17.9 Å². The van der Waals surface area contributed by atoms with Crippen molar-refractivity contribution in [2.45, 2.75) is 60.0 Å². The summed E-state index contributed by atoms with van der Waals surface area (Å²) < 4.78 is 26.4. The van der Waals surface area contributed by atoms with Gasteiger partial charge in [-0.25, -0.2) is 8.42 Å². The standard InChI is InChI=1S/C26H37N3O4S/c1-7-27-26(31)22(5)28(18-23-14-9-8-12-20(23)3)25(30)16-11-17-29(34(6,32)33)24-15-10-13-19(2)21(24)4/h8-10,12-15,22H,7,11,16-18H2,1-6H3,(H,27,31)/t22-/m1/s1. The van der Waals surface area contributed by atoms with Crippen molar-refractivity contribution in [1.82, 2.24) is 10.2 Å². The van der Waals surface area contributed by atoms with Gasteiger partial charge >= 0.3 is 0 Å². The molecule has 0 aromatic heterocycles. The molecule has 1 N–H and O–H groups in total. The van der Waals surface area contributed by atoms with Crippen molar-refractivity contribution < 1.29 is 18.0 Å². The Morgan fingerprint density at radius 2 is 1.65 bits per heavy atom. The number of aryl methyl sites for hydroxylation is 2. The number of carbonyl (C=O) groups is 2. The summed E-state index contributed by atoms with van der Waals surface area (Å²) in [6.45, 7) is 10.4. The summed E-state index contributed by atoms with van der Waals surface area (Å²) in [6.07, 6.45) is 1.65. The van der Waals surface area contributed by atoms with Crippen LogP contribution in [0.15, 0.2) is 42.5 Å². The van der Waals surface area contributed by atoms with Crippen LogP contribution in [-0.2, 0) is 26.2 Å². The van der Waals surface area contributed by atoms with Crippen molar-refractivity contribution in [3.8, 4) is 0 Å². The first-order chi connectivity index (χ1) is 16.0. The summed E-state index contributed by atoms with van der Waals surface area (Å²) in [5, 5.41) is 2.79. The Bertz CT molecular complexity index is 1110. The van der Waals surface area contributed by atoms with Gasteiger partial charge in [-0.2, -0.15) is 0 Å². The molecule has 2 aromatic rings. The van der Waals surface area contributed by atoms with E-state index < -0.39 is 16.1 Å². The zero-order chi connectivity index (χ0) is 25.5. The Balaban J connectivity index is 2.20. The molecule has 0 heterocycles. The van der Waals surface area contributed by atoms with E-state index in [4.69, 9.17) is 0 Å². The number of nitrogens with one attached hydrogen (secondary N) is 1. The summed E-state index contributed by atoms with van der Waals surface area (Å²) in [5.74, 6) is -0.394. The largest absolute Gasteiger partial charge is 0.355 e. The molecule has 0 aliphatic heterocycles. The van der Waals surface area contributed by atoms with Crippen LogP contribution in [0.25, 0.3) is 0 Å². The number of amides is 2. The van der Waals surface area contributed by atoms with Crippen molar-refractivity contribution in [3.05, 3.63) is 64.7 Å². The lowest BCUT2D eigenvalue weighted by molar-refractivity contribution is -0.140. The van der Waals surface area contributed by atoms with Crippen molar-refractivity contribution >= 4 is 27.5 Å². The maximum atomic E-state index is 13.3. The maximum absolute atomic E-state index is 13.3. The van der Waals surface area contributed by atoms with Crippen LogP contribution >= 0.6 is 0 Å². The molecule has 7 nitrogen and oxygen atoms in total. The fourth-order valence-corrected chi connectivity index (χ4v) is 4.88. The topological polar surface area (TPSA) is 86.8 Å². The molecule has 0 aliphatic carbocycles. The minimum absolute atomic E-state index is 0.131. The first-order valence-electron chi connectivity index (χ1n) is 11.6. The van der Waals surface area contributed by atoms with Crippen LogP contribution in [0.2, 0.25) is 0 Å². The quantitative estimate of drug-likeness (QED) is 0.523. The van der Waals surface area contributed by atoms with Crippen LogP contribution in [0, 0.1) is 20.8 Å². The van der Waals surface area contributed by atoms with Gasteiger partial charge in [0.1, 0.15) is 6.04 Å². The van der Waals surface area contributed by atoms with Crippen LogP contribution in [-0.4, -0.2) is 50.5 Å². The lowest BCUT2D eigenvalue weighted by Gasteiger charge is -2.30. The summed E-state index contributed by atoms with van der Waals surface area (Å²) in [6, 6.07) is 12.7. The highest BCUT2D eigenvalue weighted by atomic mass is 32.2. The molecule has 0 aliphatic rings. The molecule has 1 atom stereocenters. The third-order valence-electron chi connectivity index (χ3n) is 6.12. The summed E-state index contributed by atoms with van der Waals surface area (Å²) in [7, 11) is -3.52. The van der Waals surface area contributed by atoms with Crippen molar-refractivity contribution in [2.24, 2.45) is 0 Å². The smallest absolute Gasteiger partial charge is 0.242 e. The number of benzene rings is 2. The lowest BCUT2D eigenvalue weighted by Crippen LogP contribution is -2.47. The molecule has 0 spiro atoms. The number of rotatable bonds is 11. The molecular formula is C26H37N3O4S. The fraction of sp³-hybridized carbons (Fsp3) is 0.462. The molecular weight excluding hydrogens is 450 g/mol. The molecule has 0 saturated carbocycles. The molecule has 34 heavy (non-hydrogen) atoms. The zero-order valence-electron chi connectivity index (χ0n) is 21.1. The van der Waals surface area contributed by atoms with Gasteiger partial charge in [0.05, 0.1) is 11.9 Å². The number of nitrogens with zero attached hydrogens (tertiary/aromatic N) is 2. The number of hydrogen-bond acceptors (Lipinski definition) is 4. The first-order valence-corrected chi connectivity index (χ1v) is 13.5. The van der Waals surface area contributed by atoms with Gasteiger partial charge in [0.25, 0.3) is 0 Å². The van der Waals surface area contributed by atoms with Gasteiger partial charge in [0.2, 0.25) is 21.8 Å². The Morgan fingerprint density at radius 1 is 1.00 bits per heavy atom. The number of carbonyl (C=O) groups excluding carboxylic acids is 2. The molecule has 0 saturated heterocycles. The molecule has 0 unspecified atom stereocenters. The summed E-state index contributed by atoms with van der Waals surface area (Å²) in [4.78, 5) is 27.4. The van der Waals surface area contributed by atoms with E-state index in [-0.39, 0.29) is 24.8 Å². The van der Waals surface area contributed by atoms with Crippen LogP contribution in [0.3, 0.4) is 0 Å². The molecule has 186 valence electrons. The van der Waals surface area contributed by atoms with E-state index in [0.717, 1.165) is 22.3 Å². The SMILES string of the molecule is CCNC(=O)[C@@H](C)N(Cc1ccccc1C)C(=O)CCCN(c1cccc(C)c1C)S(C)(=O)=O. The van der Waals surface area contributed by atoms with Gasteiger partial charge in [0, 0.05) is 26.1 Å². The van der Waals surface area contributed by atoms with E-state index in [9.17, 15) is 18.0 Å². The summed E-state index contributed by atoms with van der Waals surface area (Å²) in [5.41, 5.74) is 4.54. The number of anilines is 1. The number of sulfonamides is 1. The second-order valence-corrected chi connectivity index (χ2v) is 10.6. The third-order valence-corrected chi connectivity index (χ3v) is 7.30. The van der Waals surface area contributed by atoms with E-state index in [1.807, 2.05) is 64.1 Å². The average molecular weight is 488 g/mol. The predicted molar refractivity (Wildman–Crippen MR) is 137 cm³/mol. The second-order valence-electron chi connectivity index (χ2n) is 8.68. The van der Waals surface area contributed by atoms with Gasteiger partial charge in [-0.1, -0.05) is 36.4 Å². The Morgan fingerprint density at radius 3 is 2.26 bits per heavy atom. The Labute approximate surface area is 204 Å². The highest BCUT2D eigenvalue weighted by molar-refractivity contribution is 7.92. The minimum Gasteiger partial charge on any atom is -0.355 e. The van der Waals surface area contributed by atoms with Crippen molar-refractivity contribution in [1.29, 1.82) is 0 Å². The molecule has 2 rings (SSSR count). The highest BCUT2D eigenvalue weighted by Crippen LogP contribution is 2.25. The van der Waals surface area contributed by atoms with Crippen molar-refractivity contribution in [3.63, 3.8) is 0 Å². The van der Waals surface area contributed by atoms with Crippen molar-refractivity contribution in [2.75, 3.05) is 23.7 Å². The molecule has 0 radical (unpaired) electrons. The lowest BCUT2D eigenvalue weighted by atomic mass is 10.1. The van der Waals surface area contributed by atoms with Crippen LogP contribution in [0.1, 0.15) is 48.9 Å². The van der Waals surface area contributed by atoms with Gasteiger partial charge in [-0.05, 0) is 69.4 Å². The van der Waals surface area contributed by atoms with Gasteiger partial charge in [-0.3, -0.25) is 13.9 Å². The molecule has 2 aromatic carbocycles. The monoisotopic (exact) mass is 487 g/mol. The maximum Gasteiger partial charge on any atom is 0.242 e. The number of hydrogen-bond donors (Lipinski definition) is 1. The minimum atomic E-state index is -3.52. The molecule has 0 fully saturated rings. The van der Waals surface area contributed by atoms with Gasteiger partial charge < -0.3 is 10.2 Å². The molecule has 0 bridgehead atoms. The molecule has 8 heteroatoms. The zero-order valence-corrected chi connectivity index (χ0v) is 21.9. The Kier molecular flexibility index (Phi) is 9.67. The van der Waals surface area contributed by atoms with Crippen LogP contribution < -0.4 is 9.62 Å². The van der Waals surface area contributed by atoms with Gasteiger partial charge in [-0.15, -0.1) is 0 Å². The summed E-state index contributed by atoms with van der Waals surface area (Å²) >= 11 is 0.